The average Bonchev–Trinajstić information content (AvgIpc) is 2.92. The van der Waals surface area contributed by atoms with Crippen molar-refractivity contribution in [3.8, 4) is 0 Å². The van der Waals surface area contributed by atoms with E-state index in [1.807, 2.05) is 0 Å². The summed E-state index contributed by atoms with van der Waals surface area (Å²) in [6.45, 7) is -6.81. The maximum Gasteiger partial charge on any atom is 0.397 e. The first kappa shape index (κ1) is 55.8. The minimum atomic E-state index is -6.48. The lowest BCUT2D eigenvalue weighted by Crippen LogP contribution is -2.65. The Balaban J connectivity index is 4.57. The van der Waals surface area contributed by atoms with E-state index >= 15 is 0 Å². The van der Waals surface area contributed by atoms with Gasteiger partial charge in [-0.25, -0.2) is 37.6 Å². The number of hydrogen-bond donors (Lipinski definition) is 9. The number of rotatable bonds is 26. The molecule has 0 aliphatic carbocycles. The molecule has 0 spiro atoms. The van der Waals surface area contributed by atoms with Crippen LogP contribution in [0.15, 0.2) is 0 Å². The van der Waals surface area contributed by atoms with Crippen LogP contribution in [0, 0.1) is 0 Å². The van der Waals surface area contributed by atoms with Crippen LogP contribution in [0.25, 0.3) is 0 Å². The summed E-state index contributed by atoms with van der Waals surface area (Å²) in [7, 11) is -55.8. The van der Waals surface area contributed by atoms with Crippen LogP contribution in [0.5, 0.6) is 0 Å². The third kappa shape index (κ3) is 24.8. The molecular formula is C12H24O38S9. The summed E-state index contributed by atoms with van der Waals surface area (Å²) in [5, 5.41) is 0. The SMILES string of the molecule is O=S(=O)(O)OC[C@H](OS(=O)(=O)O)[C@@H](O[C@@H]1O[C@H](COS(=O)(=O)O)[C@@H](OS(=O)(=O)O)[C@H](OS(=O)(=O)O)[C@H]1OS(=O)(=O)O)[C@H](OS(=O)(=O)O)[C@@H](COS(=O)(=O)O)OS(=O)(=O)O. The Morgan fingerprint density at radius 3 is 1.07 bits per heavy atom. The molecule has 59 heavy (non-hydrogen) atoms. The van der Waals surface area contributed by atoms with Gasteiger partial charge in [-0.1, -0.05) is 0 Å². The van der Waals surface area contributed by atoms with E-state index in [2.05, 4.69) is 37.6 Å². The predicted octanol–water partition coefficient (Wildman–Crippen LogP) is -7.32. The zero-order valence-electron chi connectivity index (χ0n) is 26.9. The highest BCUT2D eigenvalue weighted by molar-refractivity contribution is 7.82. The first-order valence-electron chi connectivity index (χ1n) is 12.9. The normalized spacial score (nSPS) is 24.3. The van der Waals surface area contributed by atoms with Crippen molar-refractivity contribution in [3.05, 3.63) is 0 Å². The molecule has 9 N–H and O–H groups in total. The molecule has 0 aromatic carbocycles. The van der Waals surface area contributed by atoms with Crippen molar-refractivity contribution in [1.29, 1.82) is 0 Å². The second-order valence-electron chi connectivity index (χ2n) is 9.86. The molecule has 1 aliphatic heterocycles. The molecule has 0 aromatic rings. The molecule has 0 radical (unpaired) electrons. The van der Waals surface area contributed by atoms with Crippen LogP contribution < -0.4 is 0 Å². The maximum atomic E-state index is 12.0. The Kier molecular flexibility index (Phi) is 19.0. The van der Waals surface area contributed by atoms with Gasteiger partial charge in [-0.2, -0.15) is 75.8 Å². The fourth-order valence-corrected chi connectivity index (χ4v) is 7.88. The molecule has 1 saturated heterocycles. The van der Waals surface area contributed by atoms with Gasteiger partial charge in [0.1, 0.15) is 42.7 Å². The lowest BCUT2D eigenvalue weighted by atomic mass is 9.98. The standard InChI is InChI=1S/C12H24O38S9/c13-51(14,15)40-1-4-8(47-56(28,29)30)10(49-58(34,35)36)11(50-59(37,38)39)12(43-4)44-7(5(45-54(22,23)24)2-41-52(16,17)18)9(48-57(31,32)33)6(46-55(25,26)27)3-42-53(19,20)21/h4-12H,1-3H2,(H,13,14,15)(H,16,17,18)(H,19,20,21)(H,22,23,24)(H,25,26,27)(H,28,29,30)(H,31,32,33)(H,34,35,36)(H,37,38,39)/t4-,5+,6-,7-,8-,9-,10+,11-,12+/m1/s1. The van der Waals surface area contributed by atoms with E-state index in [4.69, 9.17) is 23.1 Å². The average molecular weight is 1060 g/mol. The molecule has 9 atom stereocenters. The van der Waals surface area contributed by atoms with E-state index in [0.717, 1.165) is 0 Å². The Labute approximate surface area is 331 Å². The van der Waals surface area contributed by atoms with Gasteiger partial charge in [-0.3, -0.25) is 41.0 Å². The second kappa shape index (κ2) is 20.1. The van der Waals surface area contributed by atoms with Crippen LogP contribution in [-0.4, -0.2) is 192 Å². The van der Waals surface area contributed by atoms with Gasteiger partial charge in [-0.05, 0) is 0 Å². The van der Waals surface area contributed by atoms with Gasteiger partial charge in [0.25, 0.3) is 0 Å². The molecule has 47 heteroatoms. The molecule has 0 bridgehead atoms. The van der Waals surface area contributed by atoms with Crippen LogP contribution in [-0.2, 0) is 141 Å². The van der Waals surface area contributed by atoms with Crippen molar-refractivity contribution < 1.29 is 164 Å². The molecule has 0 aromatic heterocycles. The van der Waals surface area contributed by atoms with Crippen LogP contribution in [0.2, 0.25) is 0 Å². The zero-order valence-corrected chi connectivity index (χ0v) is 34.2. The highest BCUT2D eigenvalue weighted by atomic mass is 32.3. The number of hydrogen-bond acceptors (Lipinski definition) is 29. The van der Waals surface area contributed by atoms with Gasteiger partial charge in [-0.15, -0.1) is 0 Å². The van der Waals surface area contributed by atoms with Crippen molar-refractivity contribution >= 4 is 93.6 Å². The fourth-order valence-electron chi connectivity index (χ4n) is 4.00. The topological polar surface area (TPSA) is 591 Å². The molecule has 0 amide bonds. The molecule has 354 valence electrons. The summed E-state index contributed by atoms with van der Waals surface area (Å²) in [6.07, 6.45) is -32.0. The van der Waals surface area contributed by atoms with E-state index in [9.17, 15) is 103 Å². The van der Waals surface area contributed by atoms with Gasteiger partial charge < -0.3 is 9.47 Å². The Bertz CT molecular complexity index is 2470. The highest BCUT2D eigenvalue weighted by Gasteiger charge is 2.57. The van der Waals surface area contributed by atoms with Crippen molar-refractivity contribution in [3.63, 3.8) is 0 Å². The van der Waals surface area contributed by atoms with E-state index in [-0.39, 0.29) is 0 Å². The quantitative estimate of drug-likeness (QED) is 0.0363. The molecule has 1 heterocycles. The van der Waals surface area contributed by atoms with Crippen LogP contribution >= 0.6 is 0 Å². The molecule has 1 rings (SSSR count). The molecule has 1 aliphatic rings. The highest BCUT2D eigenvalue weighted by Crippen LogP contribution is 2.35. The van der Waals surface area contributed by atoms with Crippen molar-refractivity contribution in [2.24, 2.45) is 0 Å². The summed E-state index contributed by atoms with van der Waals surface area (Å²) in [5.74, 6) is 0. The monoisotopic (exact) mass is 1060 g/mol. The Morgan fingerprint density at radius 1 is 0.390 bits per heavy atom. The number of ether oxygens (including phenoxy) is 2. The van der Waals surface area contributed by atoms with Gasteiger partial charge in [0.05, 0.1) is 19.8 Å². The van der Waals surface area contributed by atoms with Gasteiger partial charge >= 0.3 is 93.6 Å². The lowest BCUT2D eigenvalue weighted by molar-refractivity contribution is -0.313. The smallest absolute Gasteiger partial charge is 0.341 e. The molecule has 38 nitrogen and oxygen atoms in total. The van der Waals surface area contributed by atoms with Crippen molar-refractivity contribution in [2.45, 2.75) is 55.1 Å². The zero-order chi connectivity index (χ0) is 46.6. The minimum absolute atomic E-state index is 2.08. The fraction of sp³-hybridized carbons (Fsp3) is 1.00. The van der Waals surface area contributed by atoms with E-state index in [1.165, 1.54) is 0 Å². The van der Waals surface area contributed by atoms with E-state index in [0.29, 0.717) is 0 Å². The maximum absolute atomic E-state index is 12.0. The predicted molar refractivity (Wildman–Crippen MR) is 165 cm³/mol. The largest absolute Gasteiger partial charge is 0.397 e. The summed E-state index contributed by atoms with van der Waals surface area (Å²) >= 11 is 0. The minimum Gasteiger partial charge on any atom is -0.341 e. The van der Waals surface area contributed by atoms with Crippen LogP contribution in [0.4, 0.5) is 0 Å². The third-order valence-electron chi connectivity index (χ3n) is 5.50. The van der Waals surface area contributed by atoms with Gasteiger partial charge in [0, 0.05) is 0 Å². The Morgan fingerprint density at radius 2 is 0.729 bits per heavy atom. The second-order valence-corrected chi connectivity index (χ2v) is 19.4. The summed E-state index contributed by atoms with van der Waals surface area (Å²) < 4.78 is 338. The first-order chi connectivity index (χ1) is 25.8. The first-order valence-corrected chi connectivity index (χ1v) is 25.2. The van der Waals surface area contributed by atoms with E-state index in [1.54, 1.807) is 0 Å². The van der Waals surface area contributed by atoms with Crippen LogP contribution in [0.1, 0.15) is 0 Å². The summed E-state index contributed by atoms with van der Waals surface area (Å²) in [4.78, 5) is 0. The van der Waals surface area contributed by atoms with Crippen molar-refractivity contribution in [1.82, 2.24) is 0 Å². The van der Waals surface area contributed by atoms with Crippen LogP contribution in [0.3, 0.4) is 0 Å². The lowest BCUT2D eigenvalue weighted by Gasteiger charge is -2.45. The van der Waals surface area contributed by atoms with Crippen molar-refractivity contribution in [2.75, 3.05) is 19.8 Å². The molecule has 1 fully saturated rings. The van der Waals surface area contributed by atoms with Gasteiger partial charge in [0.2, 0.25) is 0 Å². The molecular weight excluding hydrogens is 1040 g/mol. The molecule has 0 saturated carbocycles. The summed E-state index contributed by atoms with van der Waals surface area (Å²) in [5.41, 5.74) is 0. The third-order valence-corrected chi connectivity index (χ3v) is 9.65. The van der Waals surface area contributed by atoms with Gasteiger partial charge in [0.15, 0.2) is 12.4 Å². The Hall–Kier alpha value is -1.25. The van der Waals surface area contributed by atoms with E-state index < -0.39 is 169 Å². The summed E-state index contributed by atoms with van der Waals surface area (Å²) in [6, 6.07) is 0. The molecule has 0 unspecified atom stereocenters.